The predicted octanol–water partition coefficient (Wildman–Crippen LogP) is 2.25. The van der Waals surface area contributed by atoms with Crippen LogP contribution in [0.2, 0.25) is 0 Å². The first-order valence-corrected chi connectivity index (χ1v) is 7.11. The van der Waals surface area contributed by atoms with Gasteiger partial charge in [0.15, 0.2) is 0 Å². The van der Waals surface area contributed by atoms with Crippen molar-refractivity contribution in [2.75, 3.05) is 6.54 Å². The lowest BCUT2D eigenvalue weighted by Gasteiger charge is -2.40. The van der Waals surface area contributed by atoms with Gasteiger partial charge in [0.05, 0.1) is 5.69 Å². The van der Waals surface area contributed by atoms with Crippen LogP contribution < -0.4 is 5.73 Å². The highest BCUT2D eigenvalue weighted by atomic mass is 16.3. The normalized spacial score (nSPS) is 23.1. The third-order valence-electron chi connectivity index (χ3n) is 4.51. The summed E-state index contributed by atoms with van der Waals surface area (Å²) >= 11 is 0. The Morgan fingerprint density at radius 2 is 1.90 bits per heavy atom. The second-order valence-electron chi connectivity index (χ2n) is 5.67. The number of nitrogens with two attached hydrogens (primary N) is 1. The van der Waals surface area contributed by atoms with Gasteiger partial charge in [-0.1, -0.05) is 30.3 Å². The lowest BCUT2D eigenvalue weighted by molar-refractivity contribution is 0.0146. The summed E-state index contributed by atoms with van der Waals surface area (Å²) in [5, 5.41) is 10.8. The molecule has 104 valence electrons. The van der Waals surface area contributed by atoms with Crippen LogP contribution in [-0.4, -0.2) is 16.6 Å². The largest absolute Gasteiger partial charge is 0.386 e. The number of aliphatic hydroxyl groups excluding tert-OH is 1. The van der Waals surface area contributed by atoms with Gasteiger partial charge >= 0.3 is 0 Å². The second kappa shape index (κ2) is 5.35. The molecule has 0 fully saturated rings. The van der Waals surface area contributed by atoms with E-state index in [4.69, 9.17) is 5.73 Å². The van der Waals surface area contributed by atoms with Crippen LogP contribution in [0.4, 0.5) is 0 Å². The molecule has 3 rings (SSSR count). The Kier molecular flexibility index (Phi) is 3.55. The summed E-state index contributed by atoms with van der Waals surface area (Å²) in [6, 6.07) is 14.1. The molecule has 20 heavy (non-hydrogen) atoms. The van der Waals surface area contributed by atoms with Crippen LogP contribution in [0.5, 0.6) is 0 Å². The van der Waals surface area contributed by atoms with E-state index in [2.05, 4.69) is 29.2 Å². The van der Waals surface area contributed by atoms with E-state index in [1.54, 1.807) is 6.20 Å². The molecule has 3 nitrogen and oxygen atoms in total. The van der Waals surface area contributed by atoms with Gasteiger partial charge in [-0.15, -0.1) is 0 Å². The predicted molar refractivity (Wildman–Crippen MR) is 79.2 cm³/mol. The Labute approximate surface area is 119 Å². The van der Waals surface area contributed by atoms with E-state index in [-0.39, 0.29) is 5.41 Å². The summed E-state index contributed by atoms with van der Waals surface area (Å²) in [6.07, 6.45) is 3.80. The van der Waals surface area contributed by atoms with Gasteiger partial charge in [0.1, 0.15) is 6.10 Å². The summed E-state index contributed by atoms with van der Waals surface area (Å²) < 4.78 is 0. The number of hydrogen-bond acceptors (Lipinski definition) is 3. The molecular weight excluding hydrogens is 248 g/mol. The lowest BCUT2D eigenvalue weighted by atomic mass is 9.67. The summed E-state index contributed by atoms with van der Waals surface area (Å²) in [4.78, 5) is 4.30. The molecular formula is C17H20N2O. The first kappa shape index (κ1) is 13.3. The molecule has 3 heteroatoms. The Morgan fingerprint density at radius 3 is 2.60 bits per heavy atom. The Balaban J connectivity index is 1.94. The number of aliphatic hydroxyl groups is 1. The number of aromatic nitrogens is 1. The van der Waals surface area contributed by atoms with Crippen molar-refractivity contribution in [1.29, 1.82) is 0 Å². The smallest absolute Gasteiger partial charge is 0.103 e. The van der Waals surface area contributed by atoms with E-state index in [0.717, 1.165) is 25.0 Å². The van der Waals surface area contributed by atoms with Crippen molar-refractivity contribution in [2.45, 2.75) is 25.4 Å². The van der Waals surface area contributed by atoms with E-state index in [9.17, 15) is 5.11 Å². The van der Waals surface area contributed by atoms with Crippen LogP contribution in [0.25, 0.3) is 0 Å². The van der Waals surface area contributed by atoms with E-state index >= 15 is 0 Å². The fourth-order valence-corrected chi connectivity index (χ4v) is 3.20. The molecule has 0 bridgehead atoms. The van der Waals surface area contributed by atoms with Crippen LogP contribution in [0.3, 0.4) is 0 Å². The highest BCUT2D eigenvalue weighted by molar-refractivity contribution is 5.32. The fraction of sp³-hybridized carbons (Fsp3) is 0.353. The SMILES string of the molecule is NCC1(C(O)c2ccccn2)CCc2ccccc2C1. The lowest BCUT2D eigenvalue weighted by Crippen LogP contribution is -2.42. The molecule has 1 aliphatic carbocycles. The zero-order chi connectivity index (χ0) is 14.0. The molecule has 1 aromatic heterocycles. The maximum absolute atomic E-state index is 10.8. The monoisotopic (exact) mass is 268 g/mol. The van der Waals surface area contributed by atoms with Crippen molar-refractivity contribution >= 4 is 0 Å². The van der Waals surface area contributed by atoms with Crippen molar-refractivity contribution < 1.29 is 5.11 Å². The number of hydrogen-bond donors (Lipinski definition) is 2. The van der Waals surface area contributed by atoms with Gasteiger partial charge in [0.25, 0.3) is 0 Å². The Morgan fingerprint density at radius 1 is 1.15 bits per heavy atom. The quantitative estimate of drug-likeness (QED) is 0.897. The van der Waals surface area contributed by atoms with Crippen molar-refractivity contribution in [3.63, 3.8) is 0 Å². The van der Waals surface area contributed by atoms with Gasteiger partial charge in [-0.2, -0.15) is 0 Å². The zero-order valence-electron chi connectivity index (χ0n) is 11.5. The van der Waals surface area contributed by atoms with Gasteiger partial charge < -0.3 is 10.8 Å². The van der Waals surface area contributed by atoms with Gasteiger partial charge in [0.2, 0.25) is 0 Å². The highest BCUT2D eigenvalue weighted by Gasteiger charge is 2.40. The topological polar surface area (TPSA) is 59.1 Å². The van der Waals surface area contributed by atoms with Crippen molar-refractivity contribution in [3.8, 4) is 0 Å². The van der Waals surface area contributed by atoms with E-state index in [0.29, 0.717) is 6.54 Å². The van der Waals surface area contributed by atoms with Gasteiger partial charge in [-0.25, -0.2) is 0 Å². The summed E-state index contributed by atoms with van der Waals surface area (Å²) in [6.45, 7) is 0.471. The molecule has 0 radical (unpaired) electrons. The summed E-state index contributed by atoms with van der Waals surface area (Å²) in [7, 11) is 0. The van der Waals surface area contributed by atoms with Gasteiger partial charge in [0, 0.05) is 18.2 Å². The van der Waals surface area contributed by atoms with Crippen LogP contribution in [0.15, 0.2) is 48.7 Å². The van der Waals surface area contributed by atoms with Crippen LogP contribution in [0, 0.1) is 5.41 Å². The maximum atomic E-state index is 10.8. The third-order valence-corrected chi connectivity index (χ3v) is 4.51. The molecule has 3 N–H and O–H groups in total. The van der Waals surface area contributed by atoms with Crippen LogP contribution >= 0.6 is 0 Å². The molecule has 2 atom stereocenters. The van der Waals surface area contributed by atoms with Crippen molar-refractivity contribution in [1.82, 2.24) is 4.98 Å². The standard InChI is InChI=1S/C17H20N2O/c18-12-17(16(20)15-7-3-4-10-19-15)9-8-13-5-1-2-6-14(13)11-17/h1-7,10,16,20H,8-9,11-12,18H2. The van der Waals surface area contributed by atoms with E-state index in [1.165, 1.54) is 11.1 Å². The minimum Gasteiger partial charge on any atom is -0.386 e. The molecule has 0 spiro atoms. The van der Waals surface area contributed by atoms with Crippen molar-refractivity contribution in [3.05, 3.63) is 65.5 Å². The zero-order valence-corrected chi connectivity index (χ0v) is 11.5. The molecule has 0 saturated carbocycles. The number of pyridine rings is 1. The number of rotatable bonds is 3. The van der Waals surface area contributed by atoms with Crippen LogP contribution in [0.1, 0.15) is 29.3 Å². The number of benzene rings is 1. The Bertz CT molecular complexity index is 585. The van der Waals surface area contributed by atoms with Gasteiger partial charge in [-0.05, 0) is 42.5 Å². The van der Waals surface area contributed by atoms with E-state index in [1.807, 2.05) is 18.2 Å². The molecule has 0 saturated heterocycles. The number of nitrogens with zero attached hydrogens (tertiary/aromatic N) is 1. The summed E-state index contributed by atoms with van der Waals surface area (Å²) in [5.74, 6) is 0. The second-order valence-corrected chi connectivity index (χ2v) is 5.67. The fourth-order valence-electron chi connectivity index (χ4n) is 3.20. The Hall–Kier alpha value is -1.71. The molecule has 2 aromatic rings. The van der Waals surface area contributed by atoms with Crippen molar-refractivity contribution in [2.24, 2.45) is 11.1 Å². The molecule has 1 aliphatic rings. The minimum absolute atomic E-state index is 0.303. The average Bonchev–Trinajstić information content (AvgIpc) is 2.54. The summed E-state index contributed by atoms with van der Waals surface area (Å²) in [5.41, 5.74) is 9.15. The molecule has 2 unspecified atom stereocenters. The third kappa shape index (κ3) is 2.23. The molecule has 1 aromatic carbocycles. The molecule has 1 heterocycles. The molecule has 0 amide bonds. The molecule has 0 aliphatic heterocycles. The average molecular weight is 268 g/mol. The van der Waals surface area contributed by atoms with Crippen LogP contribution in [-0.2, 0) is 12.8 Å². The highest BCUT2D eigenvalue weighted by Crippen LogP contribution is 2.43. The maximum Gasteiger partial charge on any atom is 0.103 e. The number of fused-ring (bicyclic) bond motifs is 1. The first-order chi connectivity index (χ1) is 9.75. The minimum atomic E-state index is -0.609. The first-order valence-electron chi connectivity index (χ1n) is 7.11. The van der Waals surface area contributed by atoms with Gasteiger partial charge in [-0.3, -0.25) is 4.98 Å². The number of aryl methyl sites for hydroxylation is 1. The van der Waals surface area contributed by atoms with E-state index < -0.39 is 6.10 Å².